The molecule has 1 nitrogen and oxygen atoms in total. The van der Waals surface area contributed by atoms with Crippen molar-refractivity contribution in [2.24, 2.45) is 11.8 Å². The van der Waals surface area contributed by atoms with Crippen LogP contribution in [0.25, 0.3) is 0 Å². The molecular weight excluding hydrogens is 225 g/mol. The van der Waals surface area contributed by atoms with Gasteiger partial charge >= 0.3 is 0 Å². The Hall–Kier alpha value is -0.890. The summed E-state index contributed by atoms with van der Waals surface area (Å²) in [5, 5.41) is 3.58. The van der Waals surface area contributed by atoms with E-state index in [1.165, 1.54) is 19.3 Å². The molecule has 0 aliphatic heterocycles. The first-order valence-corrected chi connectivity index (χ1v) is 7.03. The molecule has 0 radical (unpaired) electrons. The molecular formula is C16H24FN. The number of hydrogen-bond acceptors (Lipinski definition) is 1. The Morgan fingerprint density at radius 1 is 1.17 bits per heavy atom. The second kappa shape index (κ2) is 5.83. The van der Waals surface area contributed by atoms with Crippen LogP contribution in [-0.4, -0.2) is 6.04 Å². The van der Waals surface area contributed by atoms with Gasteiger partial charge in [-0.25, -0.2) is 4.39 Å². The van der Waals surface area contributed by atoms with Crippen molar-refractivity contribution in [1.82, 2.24) is 5.32 Å². The summed E-state index contributed by atoms with van der Waals surface area (Å²) in [6, 6.07) is 6.12. The summed E-state index contributed by atoms with van der Waals surface area (Å²) < 4.78 is 13.4. The number of halogens is 1. The molecule has 2 unspecified atom stereocenters. The first kappa shape index (κ1) is 13.5. The summed E-state index contributed by atoms with van der Waals surface area (Å²) in [7, 11) is 0. The molecule has 2 atom stereocenters. The zero-order valence-corrected chi connectivity index (χ0v) is 11.7. The molecule has 1 saturated carbocycles. The van der Waals surface area contributed by atoms with E-state index in [0.717, 1.165) is 29.5 Å². The predicted octanol–water partition coefficient (Wildman–Crippen LogP) is 4.05. The molecule has 100 valence electrons. The Bertz CT molecular complexity index is 392. The van der Waals surface area contributed by atoms with Gasteiger partial charge in [0, 0.05) is 12.6 Å². The number of aryl methyl sites for hydroxylation is 1. The fourth-order valence-electron chi connectivity index (χ4n) is 3.12. The molecule has 0 heterocycles. The molecule has 1 aliphatic carbocycles. The monoisotopic (exact) mass is 249 g/mol. The molecule has 1 aliphatic rings. The highest BCUT2D eigenvalue weighted by atomic mass is 19.1. The second-order valence-electron chi connectivity index (χ2n) is 6.08. The predicted molar refractivity (Wildman–Crippen MR) is 73.9 cm³/mol. The Morgan fingerprint density at radius 2 is 1.83 bits per heavy atom. The van der Waals surface area contributed by atoms with Gasteiger partial charge in [0.1, 0.15) is 5.82 Å². The minimum Gasteiger partial charge on any atom is -0.310 e. The van der Waals surface area contributed by atoms with Crippen LogP contribution >= 0.6 is 0 Å². The van der Waals surface area contributed by atoms with E-state index in [1.54, 1.807) is 13.0 Å². The van der Waals surface area contributed by atoms with E-state index in [4.69, 9.17) is 0 Å². The maximum absolute atomic E-state index is 13.4. The summed E-state index contributed by atoms with van der Waals surface area (Å²) in [6.07, 6.45) is 3.84. The topological polar surface area (TPSA) is 12.0 Å². The van der Waals surface area contributed by atoms with E-state index in [-0.39, 0.29) is 5.82 Å². The average molecular weight is 249 g/mol. The number of nitrogens with one attached hydrogen (secondary N) is 1. The van der Waals surface area contributed by atoms with Gasteiger partial charge in [-0.2, -0.15) is 0 Å². The molecule has 1 fully saturated rings. The summed E-state index contributed by atoms with van der Waals surface area (Å²) in [4.78, 5) is 0. The molecule has 18 heavy (non-hydrogen) atoms. The maximum Gasteiger partial charge on any atom is 0.126 e. The van der Waals surface area contributed by atoms with Gasteiger partial charge in [0.05, 0.1) is 0 Å². The van der Waals surface area contributed by atoms with Crippen LogP contribution in [0, 0.1) is 24.6 Å². The smallest absolute Gasteiger partial charge is 0.126 e. The standard InChI is InChI=1S/C16H24FN/c1-11-6-12(2)8-15(7-11)18-10-14-5-4-13(3)16(17)9-14/h4-5,9,11-12,15,18H,6-8,10H2,1-3H3. The van der Waals surface area contributed by atoms with Gasteiger partial charge in [-0.1, -0.05) is 26.0 Å². The first-order valence-electron chi connectivity index (χ1n) is 7.03. The van der Waals surface area contributed by atoms with Crippen molar-refractivity contribution in [2.45, 2.75) is 52.6 Å². The van der Waals surface area contributed by atoms with Crippen molar-refractivity contribution in [2.75, 3.05) is 0 Å². The van der Waals surface area contributed by atoms with Crippen LogP contribution in [0.2, 0.25) is 0 Å². The molecule has 0 amide bonds. The average Bonchev–Trinajstić information content (AvgIpc) is 2.29. The van der Waals surface area contributed by atoms with Crippen molar-refractivity contribution in [3.63, 3.8) is 0 Å². The van der Waals surface area contributed by atoms with Crippen molar-refractivity contribution in [1.29, 1.82) is 0 Å². The number of hydrogen-bond donors (Lipinski definition) is 1. The minimum absolute atomic E-state index is 0.0975. The van der Waals surface area contributed by atoms with Gasteiger partial charge in [-0.05, 0) is 55.2 Å². The molecule has 0 aromatic heterocycles. The molecule has 0 bridgehead atoms. The Balaban J connectivity index is 1.89. The molecule has 0 saturated heterocycles. The third kappa shape index (κ3) is 3.55. The Labute approximate surface area is 110 Å². The lowest BCUT2D eigenvalue weighted by molar-refractivity contribution is 0.238. The molecule has 1 N–H and O–H groups in total. The first-order chi connectivity index (χ1) is 8.54. The Kier molecular flexibility index (Phi) is 4.39. The third-order valence-corrected chi connectivity index (χ3v) is 4.01. The highest BCUT2D eigenvalue weighted by Crippen LogP contribution is 2.28. The summed E-state index contributed by atoms with van der Waals surface area (Å²) in [5.41, 5.74) is 1.77. The summed E-state index contributed by atoms with van der Waals surface area (Å²) in [5.74, 6) is 1.52. The van der Waals surface area contributed by atoms with Crippen molar-refractivity contribution < 1.29 is 4.39 Å². The minimum atomic E-state index is -0.0975. The van der Waals surface area contributed by atoms with Crippen LogP contribution < -0.4 is 5.32 Å². The summed E-state index contributed by atoms with van der Waals surface area (Å²) >= 11 is 0. The van der Waals surface area contributed by atoms with E-state index in [2.05, 4.69) is 19.2 Å². The van der Waals surface area contributed by atoms with Crippen LogP contribution in [0.1, 0.15) is 44.2 Å². The van der Waals surface area contributed by atoms with Gasteiger partial charge < -0.3 is 5.32 Å². The molecule has 0 spiro atoms. The van der Waals surface area contributed by atoms with Gasteiger partial charge in [0.2, 0.25) is 0 Å². The quantitative estimate of drug-likeness (QED) is 0.852. The van der Waals surface area contributed by atoms with E-state index in [9.17, 15) is 4.39 Å². The van der Waals surface area contributed by atoms with Gasteiger partial charge in [0.25, 0.3) is 0 Å². The highest BCUT2D eigenvalue weighted by Gasteiger charge is 2.23. The fraction of sp³-hybridized carbons (Fsp3) is 0.625. The Morgan fingerprint density at radius 3 is 2.44 bits per heavy atom. The number of benzene rings is 1. The van der Waals surface area contributed by atoms with Crippen LogP contribution in [0.15, 0.2) is 18.2 Å². The lowest BCUT2D eigenvalue weighted by Crippen LogP contribution is -2.35. The van der Waals surface area contributed by atoms with Crippen LogP contribution in [0.5, 0.6) is 0 Å². The van der Waals surface area contributed by atoms with Crippen molar-refractivity contribution in [3.8, 4) is 0 Å². The van der Waals surface area contributed by atoms with Gasteiger partial charge in [-0.15, -0.1) is 0 Å². The van der Waals surface area contributed by atoms with Crippen LogP contribution in [0.4, 0.5) is 4.39 Å². The zero-order chi connectivity index (χ0) is 13.1. The molecule has 1 aromatic rings. The van der Waals surface area contributed by atoms with E-state index < -0.39 is 0 Å². The normalized spacial score (nSPS) is 28.3. The largest absolute Gasteiger partial charge is 0.310 e. The van der Waals surface area contributed by atoms with E-state index in [0.29, 0.717) is 6.04 Å². The second-order valence-corrected chi connectivity index (χ2v) is 6.08. The lowest BCUT2D eigenvalue weighted by atomic mass is 9.80. The fourth-order valence-corrected chi connectivity index (χ4v) is 3.12. The lowest BCUT2D eigenvalue weighted by Gasteiger charge is -2.32. The van der Waals surface area contributed by atoms with Crippen molar-refractivity contribution in [3.05, 3.63) is 35.1 Å². The third-order valence-electron chi connectivity index (χ3n) is 4.01. The number of rotatable bonds is 3. The SMILES string of the molecule is Cc1ccc(CNC2CC(C)CC(C)C2)cc1F. The van der Waals surface area contributed by atoms with E-state index in [1.807, 2.05) is 12.1 Å². The van der Waals surface area contributed by atoms with Gasteiger partial charge in [-0.3, -0.25) is 0 Å². The molecule has 2 heteroatoms. The maximum atomic E-state index is 13.4. The zero-order valence-electron chi connectivity index (χ0n) is 11.7. The molecule has 2 rings (SSSR count). The van der Waals surface area contributed by atoms with Gasteiger partial charge in [0.15, 0.2) is 0 Å². The van der Waals surface area contributed by atoms with Crippen LogP contribution in [-0.2, 0) is 6.54 Å². The summed E-state index contributed by atoms with van der Waals surface area (Å²) in [6.45, 7) is 7.24. The molecule has 1 aromatic carbocycles. The van der Waals surface area contributed by atoms with Crippen LogP contribution in [0.3, 0.4) is 0 Å². The van der Waals surface area contributed by atoms with E-state index >= 15 is 0 Å². The van der Waals surface area contributed by atoms with Crippen molar-refractivity contribution >= 4 is 0 Å². The highest BCUT2D eigenvalue weighted by molar-refractivity contribution is 5.23.